The van der Waals surface area contributed by atoms with E-state index in [1.54, 1.807) is 0 Å². The van der Waals surface area contributed by atoms with Crippen LogP contribution in [-0.2, 0) is 4.79 Å². The quantitative estimate of drug-likeness (QED) is 0.722. The molecule has 3 N–H and O–H groups in total. The van der Waals surface area contributed by atoms with Gasteiger partial charge in [-0.25, -0.2) is 0 Å². The Balaban J connectivity index is 2.04. The average molecular weight is 197 g/mol. The highest BCUT2D eigenvalue weighted by Gasteiger charge is 2.53. The second kappa shape index (κ2) is 3.54. The van der Waals surface area contributed by atoms with Crippen LogP contribution in [0, 0.1) is 17.3 Å². The Morgan fingerprint density at radius 2 is 2.14 bits per heavy atom. The molecule has 0 radical (unpaired) electrons. The fourth-order valence-corrected chi connectivity index (χ4v) is 3.58. The first-order valence-electron chi connectivity index (χ1n) is 5.60. The summed E-state index contributed by atoms with van der Waals surface area (Å²) in [6, 6.07) is 0. The summed E-state index contributed by atoms with van der Waals surface area (Å²) in [5.41, 5.74) is 5.72. The van der Waals surface area contributed by atoms with E-state index in [-0.39, 0.29) is 11.8 Å². The molecule has 1 unspecified atom stereocenters. The van der Waals surface area contributed by atoms with E-state index in [9.17, 15) is 4.79 Å². The number of hydrogen-bond donors (Lipinski definition) is 2. The molecule has 2 aliphatic rings. The van der Waals surface area contributed by atoms with Crippen LogP contribution >= 0.6 is 0 Å². The molecule has 0 aromatic carbocycles. The topological polar surface area (TPSA) is 63.3 Å². The van der Waals surface area contributed by atoms with E-state index >= 15 is 0 Å². The zero-order valence-electron chi connectivity index (χ0n) is 8.54. The van der Waals surface area contributed by atoms with Crippen LogP contribution in [-0.4, -0.2) is 17.6 Å². The lowest BCUT2D eigenvalue weighted by atomic mass is 9.48. The summed E-state index contributed by atoms with van der Waals surface area (Å²) in [5, 5.41) is 8.88. The lowest BCUT2D eigenvalue weighted by Gasteiger charge is -2.57. The first-order valence-corrected chi connectivity index (χ1v) is 5.60. The Bertz CT molecular complexity index is 241. The van der Waals surface area contributed by atoms with Crippen molar-refractivity contribution in [3.05, 3.63) is 0 Å². The van der Waals surface area contributed by atoms with Crippen molar-refractivity contribution < 1.29 is 9.90 Å². The monoisotopic (exact) mass is 197 g/mol. The van der Waals surface area contributed by atoms with Gasteiger partial charge in [0.25, 0.3) is 0 Å². The van der Waals surface area contributed by atoms with Gasteiger partial charge in [-0.05, 0) is 36.6 Å². The fraction of sp³-hybridized carbons (Fsp3) is 0.909. The van der Waals surface area contributed by atoms with Crippen LogP contribution in [0.5, 0.6) is 0 Å². The van der Waals surface area contributed by atoms with E-state index in [0.29, 0.717) is 12.5 Å². The molecule has 0 heterocycles. The highest BCUT2D eigenvalue weighted by molar-refractivity contribution is 5.68. The smallest absolute Gasteiger partial charge is 0.303 e. The highest BCUT2D eigenvalue weighted by atomic mass is 16.4. The lowest BCUT2D eigenvalue weighted by Crippen LogP contribution is -2.54. The molecule has 0 bridgehead atoms. The molecule has 3 nitrogen and oxygen atoms in total. The Labute approximate surface area is 84.7 Å². The Hall–Kier alpha value is -0.570. The minimum Gasteiger partial charge on any atom is -0.481 e. The molecule has 2 aliphatic carbocycles. The number of fused-ring (bicyclic) bond motifs is 1. The number of aliphatic carboxylic acids is 1. The van der Waals surface area contributed by atoms with Crippen molar-refractivity contribution in [1.82, 2.24) is 0 Å². The van der Waals surface area contributed by atoms with Gasteiger partial charge in [0, 0.05) is 0 Å². The predicted molar refractivity (Wildman–Crippen MR) is 53.8 cm³/mol. The Morgan fingerprint density at radius 1 is 1.43 bits per heavy atom. The van der Waals surface area contributed by atoms with Gasteiger partial charge < -0.3 is 10.8 Å². The van der Waals surface area contributed by atoms with Crippen LogP contribution < -0.4 is 5.73 Å². The van der Waals surface area contributed by atoms with Crippen molar-refractivity contribution in [3.63, 3.8) is 0 Å². The van der Waals surface area contributed by atoms with Gasteiger partial charge in [-0.3, -0.25) is 4.79 Å². The van der Waals surface area contributed by atoms with Crippen LogP contribution in [0.1, 0.15) is 38.5 Å². The summed E-state index contributed by atoms with van der Waals surface area (Å²) in [5.74, 6) is 0.712. The maximum Gasteiger partial charge on any atom is 0.303 e. The van der Waals surface area contributed by atoms with Gasteiger partial charge >= 0.3 is 5.97 Å². The third kappa shape index (κ3) is 1.44. The van der Waals surface area contributed by atoms with Crippen molar-refractivity contribution in [2.45, 2.75) is 38.5 Å². The molecule has 2 rings (SSSR count). The molecule has 14 heavy (non-hydrogen) atoms. The summed E-state index contributed by atoms with van der Waals surface area (Å²) < 4.78 is 0. The van der Waals surface area contributed by atoms with Crippen LogP contribution in [0.15, 0.2) is 0 Å². The maximum atomic E-state index is 10.8. The van der Waals surface area contributed by atoms with E-state index < -0.39 is 5.97 Å². The summed E-state index contributed by atoms with van der Waals surface area (Å²) in [7, 11) is 0. The Morgan fingerprint density at radius 3 is 2.71 bits per heavy atom. The number of hydrogen-bond acceptors (Lipinski definition) is 2. The molecule has 3 atom stereocenters. The van der Waals surface area contributed by atoms with E-state index in [0.717, 1.165) is 12.3 Å². The van der Waals surface area contributed by atoms with Crippen LogP contribution in [0.25, 0.3) is 0 Å². The van der Waals surface area contributed by atoms with Crippen LogP contribution in [0.3, 0.4) is 0 Å². The molecule has 0 aliphatic heterocycles. The van der Waals surface area contributed by atoms with Crippen molar-refractivity contribution in [2.24, 2.45) is 23.0 Å². The lowest BCUT2D eigenvalue weighted by molar-refractivity contribution is -0.148. The van der Waals surface area contributed by atoms with Gasteiger partial charge in [-0.2, -0.15) is 0 Å². The van der Waals surface area contributed by atoms with Gasteiger partial charge in [-0.15, -0.1) is 0 Å². The van der Waals surface area contributed by atoms with Crippen molar-refractivity contribution in [1.29, 1.82) is 0 Å². The molecule has 0 spiro atoms. The van der Waals surface area contributed by atoms with E-state index in [2.05, 4.69) is 0 Å². The normalized spacial score (nSPS) is 41.2. The molecule has 3 heteroatoms. The standard InChI is InChI=1S/C11H19NO2/c12-7-11(6-10(13)14)5-8-3-1-2-4-9(8)11/h8-9H,1-7,12H2,(H,13,14)/t8?,9-,11+/m0/s1. The van der Waals surface area contributed by atoms with Gasteiger partial charge in [0.05, 0.1) is 6.42 Å². The number of nitrogens with two attached hydrogens (primary N) is 1. The zero-order valence-corrected chi connectivity index (χ0v) is 8.54. The Kier molecular flexibility index (Phi) is 2.52. The van der Waals surface area contributed by atoms with E-state index in [4.69, 9.17) is 10.8 Å². The summed E-state index contributed by atoms with van der Waals surface area (Å²) in [6.45, 7) is 0.556. The SMILES string of the molecule is NC[C@]1(CC(=O)O)CC2CCCC[C@@H]21. The highest BCUT2D eigenvalue weighted by Crippen LogP contribution is 2.58. The average Bonchev–Trinajstić information content (AvgIpc) is 2.13. The molecule has 0 aromatic heterocycles. The molecule has 0 amide bonds. The first-order chi connectivity index (χ1) is 6.68. The predicted octanol–water partition coefficient (Wildman–Crippen LogP) is 1.62. The van der Waals surface area contributed by atoms with Crippen LogP contribution in [0.4, 0.5) is 0 Å². The van der Waals surface area contributed by atoms with Gasteiger partial charge in [0.2, 0.25) is 0 Å². The van der Waals surface area contributed by atoms with Crippen molar-refractivity contribution >= 4 is 5.97 Å². The molecule has 80 valence electrons. The number of rotatable bonds is 3. The molecular weight excluding hydrogens is 178 g/mol. The van der Waals surface area contributed by atoms with Crippen molar-refractivity contribution in [3.8, 4) is 0 Å². The molecule has 2 fully saturated rings. The molecule has 0 aromatic rings. The fourth-order valence-electron chi connectivity index (χ4n) is 3.58. The number of carboxylic acids is 1. The summed E-state index contributed by atoms with van der Waals surface area (Å²) in [4.78, 5) is 10.8. The maximum absolute atomic E-state index is 10.8. The first kappa shape index (κ1) is 9.97. The zero-order chi connectivity index (χ0) is 10.2. The molecule has 0 saturated heterocycles. The third-order valence-corrected chi connectivity index (χ3v) is 4.27. The second-order valence-electron chi connectivity index (χ2n) is 4.99. The minimum atomic E-state index is -0.681. The summed E-state index contributed by atoms with van der Waals surface area (Å²) >= 11 is 0. The largest absolute Gasteiger partial charge is 0.481 e. The van der Waals surface area contributed by atoms with E-state index in [1.807, 2.05) is 0 Å². The van der Waals surface area contributed by atoms with Gasteiger partial charge in [0.1, 0.15) is 0 Å². The van der Waals surface area contributed by atoms with Crippen molar-refractivity contribution in [2.75, 3.05) is 6.54 Å². The number of carbonyl (C=O) groups is 1. The molecular formula is C11H19NO2. The minimum absolute atomic E-state index is 0.0447. The van der Waals surface area contributed by atoms with E-state index in [1.165, 1.54) is 25.7 Å². The third-order valence-electron chi connectivity index (χ3n) is 4.27. The van der Waals surface area contributed by atoms with Gasteiger partial charge in [0.15, 0.2) is 0 Å². The number of carboxylic acid groups (broad SMARTS) is 1. The van der Waals surface area contributed by atoms with Crippen LogP contribution in [0.2, 0.25) is 0 Å². The van der Waals surface area contributed by atoms with Gasteiger partial charge in [-0.1, -0.05) is 19.3 Å². The second-order valence-corrected chi connectivity index (χ2v) is 4.99. The summed E-state index contributed by atoms with van der Waals surface area (Å²) in [6.07, 6.45) is 6.43. The molecule has 2 saturated carbocycles.